The molecule has 0 atom stereocenters. The number of piperazine rings is 1. The second-order valence-corrected chi connectivity index (χ2v) is 19.1. The van der Waals surface area contributed by atoms with Gasteiger partial charge in [0.25, 0.3) is 21.6 Å². The first-order valence-electron chi connectivity index (χ1n) is 20.0. The van der Waals surface area contributed by atoms with E-state index in [-0.39, 0.29) is 22.4 Å². The van der Waals surface area contributed by atoms with Crippen LogP contribution in [0, 0.1) is 15.5 Å². The number of nitro groups is 1. The molecule has 2 saturated heterocycles. The number of nitrogens with one attached hydrogen (secondary N) is 1. The zero-order valence-electron chi connectivity index (χ0n) is 34.0. The number of allylic oxidation sites excluding steroid dienone is 1. The number of nitro benzene ring substituents is 1. The first kappa shape index (κ1) is 43.4. The third-order valence-electron chi connectivity index (χ3n) is 11.8. The highest BCUT2D eigenvalue weighted by Crippen LogP contribution is 2.44. The van der Waals surface area contributed by atoms with Crippen LogP contribution >= 0.6 is 23.2 Å². The van der Waals surface area contributed by atoms with E-state index in [2.05, 4.69) is 40.5 Å². The van der Waals surface area contributed by atoms with Gasteiger partial charge in [-0.25, -0.2) is 13.1 Å². The smallest absolute Gasteiger partial charge is 0.293 e. The van der Waals surface area contributed by atoms with Gasteiger partial charge in [0.1, 0.15) is 17.2 Å². The Labute approximate surface area is 361 Å². The van der Waals surface area contributed by atoms with E-state index in [9.17, 15) is 23.3 Å². The van der Waals surface area contributed by atoms with Crippen LogP contribution in [0.4, 0.5) is 17.1 Å². The summed E-state index contributed by atoms with van der Waals surface area (Å²) in [5.74, 6) is -0.518. The van der Waals surface area contributed by atoms with Gasteiger partial charge in [0.15, 0.2) is 0 Å². The molecule has 4 aromatic carbocycles. The molecule has 2 aliphatic heterocycles. The minimum atomic E-state index is -4.60. The zero-order chi connectivity index (χ0) is 42.8. The van der Waals surface area contributed by atoms with Crippen LogP contribution in [0.2, 0.25) is 10.0 Å². The number of nitrogens with zero attached hydrogens (tertiary/aromatic N) is 4. The molecule has 16 heteroatoms. The molecule has 1 aliphatic carbocycles. The minimum absolute atomic E-state index is 0.0572. The summed E-state index contributed by atoms with van der Waals surface area (Å²) >= 11 is 12.5. The van der Waals surface area contributed by atoms with E-state index in [0.29, 0.717) is 49.9 Å². The number of benzene rings is 4. The first-order valence-corrected chi connectivity index (χ1v) is 22.2. The summed E-state index contributed by atoms with van der Waals surface area (Å²) in [7, 11) is -2.97. The third-order valence-corrected chi connectivity index (χ3v) is 13.6. The summed E-state index contributed by atoms with van der Waals surface area (Å²) < 4.78 is 41.1. The van der Waals surface area contributed by atoms with Crippen molar-refractivity contribution in [2.75, 3.05) is 62.8 Å². The van der Waals surface area contributed by atoms with Crippen LogP contribution in [-0.4, -0.2) is 82.8 Å². The Kier molecular flexibility index (Phi) is 12.8. The molecular formula is C44H50Cl2N6O7S. The van der Waals surface area contributed by atoms with Gasteiger partial charge in [0.2, 0.25) is 0 Å². The molecule has 0 unspecified atom stereocenters. The maximum Gasteiger partial charge on any atom is 0.293 e. The molecule has 4 aromatic rings. The van der Waals surface area contributed by atoms with Crippen LogP contribution in [0.25, 0.3) is 5.57 Å². The fourth-order valence-electron chi connectivity index (χ4n) is 8.17. The molecule has 0 spiro atoms. The quantitative estimate of drug-likeness (QED) is 0.0798. The second kappa shape index (κ2) is 17.7. The molecule has 1 amide bonds. The molecule has 0 saturated carbocycles. The SMILES string of the molecule is CN(c1ccc(S(=O)(=O)NC(=O)c2ccc(N3CCN(CC4=C(c5ccc(Cl)cc5)CC(C)(C)CC4)CC3)cc2Oc2cccc(Cl)c2)cc1[N+](=O)[O-])C1(N)CCOCC1. The largest absolute Gasteiger partial charge is 0.456 e. The molecule has 2 heterocycles. The Bertz CT molecular complexity index is 2400. The lowest BCUT2D eigenvalue weighted by atomic mass is 9.72. The Hall–Kier alpha value is -4.70. The number of hydrogen-bond donors (Lipinski definition) is 2. The van der Waals surface area contributed by atoms with Crippen molar-refractivity contribution in [2.45, 2.75) is 56.5 Å². The number of amides is 1. The van der Waals surface area contributed by atoms with Crippen molar-refractivity contribution in [1.82, 2.24) is 9.62 Å². The van der Waals surface area contributed by atoms with Gasteiger partial charge < -0.3 is 25.0 Å². The van der Waals surface area contributed by atoms with Crippen molar-refractivity contribution in [3.05, 3.63) is 122 Å². The van der Waals surface area contributed by atoms with Crippen LogP contribution in [0.15, 0.2) is 95.4 Å². The highest BCUT2D eigenvalue weighted by Gasteiger charge is 2.37. The number of carbonyl (C=O) groups is 1. The third kappa shape index (κ3) is 9.91. The van der Waals surface area contributed by atoms with Gasteiger partial charge in [-0.05, 0) is 90.4 Å². The average molecular weight is 878 g/mol. The van der Waals surface area contributed by atoms with Gasteiger partial charge in [-0.1, -0.05) is 60.8 Å². The van der Waals surface area contributed by atoms with E-state index in [4.69, 9.17) is 38.4 Å². The van der Waals surface area contributed by atoms with Crippen molar-refractivity contribution in [2.24, 2.45) is 11.1 Å². The van der Waals surface area contributed by atoms with Crippen molar-refractivity contribution >= 4 is 61.8 Å². The number of nitrogens with two attached hydrogens (primary N) is 1. The van der Waals surface area contributed by atoms with E-state index in [1.807, 2.05) is 12.1 Å². The molecule has 0 bridgehead atoms. The molecule has 318 valence electrons. The van der Waals surface area contributed by atoms with E-state index >= 15 is 0 Å². The number of ether oxygens (including phenoxy) is 2. The van der Waals surface area contributed by atoms with Gasteiger partial charge >= 0.3 is 0 Å². The summed E-state index contributed by atoms with van der Waals surface area (Å²) in [5, 5.41) is 13.4. The number of carbonyl (C=O) groups excluding carboxylic acids is 1. The Morgan fingerprint density at radius 2 is 1.67 bits per heavy atom. The lowest BCUT2D eigenvalue weighted by molar-refractivity contribution is -0.384. The van der Waals surface area contributed by atoms with Crippen LogP contribution < -0.4 is 25.0 Å². The molecular weight excluding hydrogens is 827 g/mol. The minimum Gasteiger partial charge on any atom is -0.456 e. The topological polar surface area (TPSA) is 161 Å². The van der Waals surface area contributed by atoms with Gasteiger partial charge in [-0.2, -0.15) is 0 Å². The van der Waals surface area contributed by atoms with E-state index in [1.54, 1.807) is 48.3 Å². The summed E-state index contributed by atoms with van der Waals surface area (Å²) in [4.78, 5) is 31.2. The monoisotopic (exact) mass is 876 g/mol. The molecule has 2 fully saturated rings. The molecule has 0 aromatic heterocycles. The lowest BCUT2D eigenvalue weighted by Crippen LogP contribution is -2.57. The van der Waals surface area contributed by atoms with Gasteiger partial charge in [-0.3, -0.25) is 19.8 Å². The Balaban J connectivity index is 1.10. The predicted octanol–water partition coefficient (Wildman–Crippen LogP) is 8.50. The van der Waals surface area contributed by atoms with Gasteiger partial charge in [0, 0.05) is 80.5 Å². The Morgan fingerprint density at radius 1 is 0.950 bits per heavy atom. The first-order chi connectivity index (χ1) is 28.5. The summed E-state index contributed by atoms with van der Waals surface area (Å²) in [6, 6.07) is 23.3. The van der Waals surface area contributed by atoms with E-state index in [1.165, 1.54) is 34.9 Å². The second-order valence-electron chi connectivity index (χ2n) is 16.6. The Morgan fingerprint density at radius 3 is 2.35 bits per heavy atom. The molecule has 3 N–H and O–H groups in total. The molecule has 0 radical (unpaired) electrons. The predicted molar refractivity (Wildman–Crippen MR) is 236 cm³/mol. The van der Waals surface area contributed by atoms with E-state index in [0.717, 1.165) is 55.7 Å². The van der Waals surface area contributed by atoms with Crippen LogP contribution in [-0.2, 0) is 14.8 Å². The van der Waals surface area contributed by atoms with E-state index < -0.39 is 37.1 Å². The average Bonchev–Trinajstić information content (AvgIpc) is 3.21. The van der Waals surface area contributed by atoms with Crippen molar-refractivity contribution in [1.29, 1.82) is 0 Å². The molecule has 13 nitrogen and oxygen atoms in total. The highest BCUT2D eigenvalue weighted by molar-refractivity contribution is 7.90. The number of sulfonamides is 1. The normalized spacial score (nSPS) is 18.2. The standard InChI is InChI=1S/C44H50Cl2N6O7S/c1-43(2)16-15-31(38(28-43)30-7-9-32(45)10-8-30)29-50-19-21-51(22-20-50)34-11-13-37(41(26-34)59-35-6-4-5-33(46)25-35)42(53)48-60(56,57)36-12-14-39(40(27-36)52(54)55)49(3)44(47)17-23-58-24-18-44/h4-14,25-27H,15-24,28-29,47H2,1-3H3,(H,48,53). The van der Waals surface area contributed by atoms with Crippen molar-refractivity contribution in [3.63, 3.8) is 0 Å². The molecule has 3 aliphatic rings. The molecule has 7 rings (SSSR count). The molecule has 60 heavy (non-hydrogen) atoms. The zero-order valence-corrected chi connectivity index (χ0v) is 36.3. The van der Waals surface area contributed by atoms with Gasteiger partial charge in [0.05, 0.1) is 34.3 Å². The van der Waals surface area contributed by atoms with Gasteiger partial charge in [-0.15, -0.1) is 0 Å². The summed E-state index contributed by atoms with van der Waals surface area (Å²) in [6.07, 6.45) is 4.03. The van der Waals surface area contributed by atoms with Crippen molar-refractivity contribution < 1.29 is 27.6 Å². The van der Waals surface area contributed by atoms with Crippen LogP contribution in [0.1, 0.15) is 61.9 Å². The summed E-state index contributed by atoms with van der Waals surface area (Å²) in [5.41, 5.74) is 10.4. The fourth-order valence-corrected chi connectivity index (χ4v) is 9.46. The highest BCUT2D eigenvalue weighted by atomic mass is 35.5. The summed E-state index contributed by atoms with van der Waals surface area (Å²) in [6.45, 7) is 9.37. The number of halogens is 2. The lowest BCUT2D eigenvalue weighted by Gasteiger charge is -2.42. The fraction of sp³-hybridized carbons (Fsp3) is 0.386. The van der Waals surface area contributed by atoms with Crippen LogP contribution in [0.5, 0.6) is 11.5 Å². The van der Waals surface area contributed by atoms with Crippen LogP contribution in [0.3, 0.4) is 0 Å². The maximum absolute atomic E-state index is 13.9. The number of rotatable bonds is 12. The van der Waals surface area contributed by atoms with Crippen molar-refractivity contribution in [3.8, 4) is 11.5 Å². The maximum atomic E-state index is 13.9. The number of anilines is 2. The number of hydrogen-bond acceptors (Lipinski definition) is 11.